The molecule has 5 nitrogen and oxygen atoms in total. The Morgan fingerprint density at radius 2 is 1.96 bits per heavy atom. The molecule has 3 rings (SSSR count). The number of halogens is 1. The third kappa shape index (κ3) is 2.96. The summed E-state index contributed by atoms with van der Waals surface area (Å²) in [4.78, 5) is 31.2. The minimum atomic E-state index is -1.05. The standard InChI is InChI=1S/C18H17ClN2O3S/c1-4-13(18(23)24)21-15(11-5-7-12(19)8-6-11)20-16-14(17(21)22)9(2)10(3)25-16/h5-8,13H,4H2,1-3H3,(H,23,24). The van der Waals surface area contributed by atoms with Crippen molar-refractivity contribution in [2.24, 2.45) is 0 Å². The van der Waals surface area contributed by atoms with Gasteiger partial charge < -0.3 is 5.11 Å². The van der Waals surface area contributed by atoms with Gasteiger partial charge in [0.05, 0.1) is 5.39 Å². The number of carboxylic acid groups (broad SMARTS) is 1. The lowest BCUT2D eigenvalue weighted by molar-refractivity contribution is -0.141. The highest BCUT2D eigenvalue weighted by Gasteiger charge is 2.26. The van der Waals surface area contributed by atoms with E-state index in [9.17, 15) is 14.7 Å². The highest BCUT2D eigenvalue weighted by Crippen LogP contribution is 2.30. The Hall–Kier alpha value is -2.18. The maximum absolute atomic E-state index is 13.2. The maximum Gasteiger partial charge on any atom is 0.326 e. The monoisotopic (exact) mass is 376 g/mol. The van der Waals surface area contributed by atoms with Crippen LogP contribution in [-0.2, 0) is 4.79 Å². The Kier molecular flexibility index (Phi) is 4.67. The second kappa shape index (κ2) is 6.61. The van der Waals surface area contributed by atoms with Crippen molar-refractivity contribution in [1.82, 2.24) is 9.55 Å². The average molecular weight is 377 g/mol. The van der Waals surface area contributed by atoms with Gasteiger partial charge in [-0.15, -0.1) is 11.3 Å². The van der Waals surface area contributed by atoms with Crippen molar-refractivity contribution in [3.8, 4) is 11.4 Å². The van der Waals surface area contributed by atoms with Crippen LogP contribution in [0.1, 0.15) is 29.8 Å². The van der Waals surface area contributed by atoms with E-state index in [4.69, 9.17) is 11.6 Å². The summed E-state index contributed by atoms with van der Waals surface area (Å²) < 4.78 is 1.30. The summed E-state index contributed by atoms with van der Waals surface area (Å²) in [5.41, 5.74) is 1.20. The Morgan fingerprint density at radius 1 is 1.32 bits per heavy atom. The van der Waals surface area contributed by atoms with Crippen molar-refractivity contribution in [3.05, 3.63) is 50.1 Å². The summed E-state index contributed by atoms with van der Waals surface area (Å²) in [6, 6.07) is 5.91. The molecule has 0 bridgehead atoms. The van der Waals surface area contributed by atoms with Crippen LogP contribution in [0.15, 0.2) is 29.1 Å². The largest absolute Gasteiger partial charge is 0.480 e. The van der Waals surface area contributed by atoms with Crippen LogP contribution in [0.4, 0.5) is 0 Å². The van der Waals surface area contributed by atoms with Crippen LogP contribution in [0.2, 0.25) is 5.02 Å². The Bertz CT molecular complexity index is 1020. The Morgan fingerprint density at radius 3 is 2.52 bits per heavy atom. The number of benzene rings is 1. The molecule has 0 aliphatic rings. The molecule has 2 aromatic heterocycles. The zero-order valence-electron chi connectivity index (χ0n) is 14.0. The smallest absolute Gasteiger partial charge is 0.326 e. The molecule has 1 unspecified atom stereocenters. The SMILES string of the molecule is CCC(C(=O)O)n1c(-c2ccc(Cl)cc2)nc2sc(C)c(C)c2c1=O. The number of nitrogens with zero attached hydrogens (tertiary/aromatic N) is 2. The van der Waals surface area contributed by atoms with E-state index in [1.807, 2.05) is 13.8 Å². The quantitative estimate of drug-likeness (QED) is 0.731. The van der Waals surface area contributed by atoms with Crippen LogP contribution in [0.3, 0.4) is 0 Å². The highest BCUT2D eigenvalue weighted by molar-refractivity contribution is 7.18. The first-order valence-electron chi connectivity index (χ1n) is 7.86. The van der Waals surface area contributed by atoms with Crippen LogP contribution >= 0.6 is 22.9 Å². The molecule has 1 aromatic carbocycles. The van der Waals surface area contributed by atoms with Gasteiger partial charge in [0.1, 0.15) is 16.7 Å². The summed E-state index contributed by atoms with van der Waals surface area (Å²) in [6.07, 6.45) is 0.283. The summed E-state index contributed by atoms with van der Waals surface area (Å²) in [5.74, 6) is -0.699. The van der Waals surface area contributed by atoms with Crippen molar-refractivity contribution >= 4 is 39.1 Å². The fourth-order valence-corrected chi connectivity index (χ4v) is 4.01. The number of fused-ring (bicyclic) bond motifs is 1. The molecule has 2 heterocycles. The first kappa shape index (κ1) is 17.6. The third-order valence-electron chi connectivity index (χ3n) is 4.32. The first-order chi connectivity index (χ1) is 11.8. The summed E-state index contributed by atoms with van der Waals surface area (Å²) in [6.45, 7) is 5.54. The lowest BCUT2D eigenvalue weighted by atomic mass is 10.1. The normalized spacial score (nSPS) is 12.5. The lowest BCUT2D eigenvalue weighted by Gasteiger charge is -2.18. The number of aliphatic carboxylic acids is 1. The predicted molar refractivity (Wildman–Crippen MR) is 101 cm³/mol. The molecular formula is C18H17ClN2O3S. The van der Waals surface area contributed by atoms with E-state index in [-0.39, 0.29) is 12.0 Å². The van der Waals surface area contributed by atoms with Gasteiger partial charge in [0.15, 0.2) is 0 Å². The number of hydrogen-bond donors (Lipinski definition) is 1. The fraction of sp³-hybridized carbons (Fsp3) is 0.278. The molecule has 0 aliphatic heterocycles. The highest BCUT2D eigenvalue weighted by atomic mass is 35.5. The van der Waals surface area contributed by atoms with Gasteiger partial charge in [0, 0.05) is 15.5 Å². The molecule has 1 N–H and O–H groups in total. The molecule has 0 aliphatic carbocycles. The summed E-state index contributed by atoms with van der Waals surface area (Å²) in [7, 11) is 0. The summed E-state index contributed by atoms with van der Waals surface area (Å²) >= 11 is 7.39. The van der Waals surface area contributed by atoms with Crippen LogP contribution in [-0.4, -0.2) is 20.6 Å². The topological polar surface area (TPSA) is 72.2 Å². The molecule has 0 amide bonds. The van der Waals surface area contributed by atoms with E-state index in [0.29, 0.717) is 26.6 Å². The first-order valence-corrected chi connectivity index (χ1v) is 9.05. The minimum absolute atomic E-state index is 0.283. The molecule has 7 heteroatoms. The molecular weight excluding hydrogens is 360 g/mol. The maximum atomic E-state index is 13.2. The zero-order chi connectivity index (χ0) is 18.3. The van der Waals surface area contributed by atoms with E-state index in [1.165, 1.54) is 15.9 Å². The number of thiophene rings is 1. The molecule has 0 fully saturated rings. The van der Waals surface area contributed by atoms with E-state index in [2.05, 4.69) is 4.98 Å². The van der Waals surface area contributed by atoms with Gasteiger partial charge in [0.25, 0.3) is 5.56 Å². The van der Waals surface area contributed by atoms with Gasteiger partial charge in [-0.3, -0.25) is 9.36 Å². The number of hydrogen-bond acceptors (Lipinski definition) is 4. The molecule has 0 radical (unpaired) electrons. The van der Waals surface area contributed by atoms with Crippen molar-refractivity contribution in [2.75, 3.05) is 0 Å². The molecule has 1 atom stereocenters. The van der Waals surface area contributed by atoms with E-state index in [0.717, 1.165) is 10.4 Å². The molecule has 0 saturated carbocycles. The fourth-order valence-electron chi connectivity index (χ4n) is 2.87. The molecule has 0 saturated heterocycles. The van der Waals surface area contributed by atoms with Crippen molar-refractivity contribution in [1.29, 1.82) is 0 Å². The number of aryl methyl sites for hydroxylation is 2. The third-order valence-corrected chi connectivity index (χ3v) is 5.67. The van der Waals surface area contributed by atoms with Crippen LogP contribution in [0.5, 0.6) is 0 Å². The van der Waals surface area contributed by atoms with Gasteiger partial charge in [-0.2, -0.15) is 0 Å². The van der Waals surface area contributed by atoms with Crippen LogP contribution < -0.4 is 5.56 Å². The number of carbonyl (C=O) groups is 1. The van der Waals surface area contributed by atoms with E-state index < -0.39 is 12.0 Å². The van der Waals surface area contributed by atoms with Gasteiger partial charge in [-0.25, -0.2) is 9.78 Å². The predicted octanol–water partition coefficient (Wildman–Crippen LogP) is 4.43. The van der Waals surface area contributed by atoms with Crippen LogP contribution in [0, 0.1) is 13.8 Å². The van der Waals surface area contributed by atoms with Crippen molar-refractivity contribution in [3.63, 3.8) is 0 Å². The van der Waals surface area contributed by atoms with Crippen molar-refractivity contribution < 1.29 is 9.90 Å². The second-order valence-corrected chi connectivity index (χ2v) is 7.48. The number of carboxylic acids is 1. The Labute approximate surface area is 153 Å². The zero-order valence-corrected chi connectivity index (χ0v) is 15.6. The summed E-state index contributed by atoms with van der Waals surface area (Å²) in [5, 5.41) is 10.7. The van der Waals surface area contributed by atoms with Crippen molar-refractivity contribution in [2.45, 2.75) is 33.2 Å². The average Bonchev–Trinajstić information content (AvgIpc) is 2.85. The molecule has 25 heavy (non-hydrogen) atoms. The Balaban J connectivity index is 2.43. The van der Waals surface area contributed by atoms with Gasteiger partial charge in [0.2, 0.25) is 0 Å². The van der Waals surface area contributed by atoms with Crippen LogP contribution in [0.25, 0.3) is 21.6 Å². The molecule has 130 valence electrons. The molecule has 3 aromatic rings. The number of rotatable bonds is 4. The second-order valence-electron chi connectivity index (χ2n) is 5.84. The van der Waals surface area contributed by atoms with Gasteiger partial charge in [-0.05, 0) is 50.1 Å². The van der Waals surface area contributed by atoms with E-state index >= 15 is 0 Å². The lowest BCUT2D eigenvalue weighted by Crippen LogP contribution is -2.31. The molecule has 0 spiro atoms. The minimum Gasteiger partial charge on any atom is -0.480 e. The van der Waals surface area contributed by atoms with Gasteiger partial charge in [-0.1, -0.05) is 18.5 Å². The number of aromatic nitrogens is 2. The van der Waals surface area contributed by atoms with E-state index in [1.54, 1.807) is 31.2 Å². The van der Waals surface area contributed by atoms with Gasteiger partial charge >= 0.3 is 5.97 Å².